The molecule has 0 amide bonds. The van der Waals surface area contributed by atoms with Crippen LogP contribution in [0.2, 0.25) is 0 Å². The molecule has 162 valence electrons. The van der Waals surface area contributed by atoms with Crippen molar-refractivity contribution in [3.05, 3.63) is 40.3 Å². The van der Waals surface area contributed by atoms with Gasteiger partial charge in [0, 0.05) is 18.2 Å². The van der Waals surface area contributed by atoms with E-state index in [1.807, 2.05) is 6.92 Å². The van der Waals surface area contributed by atoms with E-state index in [1.54, 1.807) is 35.6 Å². The monoisotopic (exact) mass is 552 g/mol. The fourth-order valence-electron chi connectivity index (χ4n) is 2.27. The van der Waals surface area contributed by atoms with Crippen LogP contribution in [-0.2, 0) is 16.4 Å². The Labute approximate surface area is 194 Å². The van der Waals surface area contributed by atoms with Crippen molar-refractivity contribution in [2.75, 3.05) is 26.0 Å². The highest BCUT2D eigenvalue weighted by Gasteiger charge is 2.07. The SMILES string of the molecule is CCNC(=NCc1nc(C(C)C)cs1)NCCOc1ccc(S(C)(=O)=O)cc1.I. The van der Waals surface area contributed by atoms with Crippen LogP contribution < -0.4 is 15.4 Å². The maximum atomic E-state index is 11.5. The van der Waals surface area contributed by atoms with Gasteiger partial charge in [0.15, 0.2) is 15.8 Å². The predicted molar refractivity (Wildman–Crippen MR) is 129 cm³/mol. The molecule has 0 saturated heterocycles. The molecular weight excluding hydrogens is 523 g/mol. The molecule has 0 aliphatic heterocycles. The highest BCUT2D eigenvalue weighted by Crippen LogP contribution is 2.18. The summed E-state index contributed by atoms with van der Waals surface area (Å²) < 4.78 is 28.6. The molecule has 1 aromatic carbocycles. The summed E-state index contributed by atoms with van der Waals surface area (Å²) in [5.41, 5.74) is 1.10. The molecule has 2 rings (SSSR count). The first-order chi connectivity index (χ1) is 13.3. The molecule has 29 heavy (non-hydrogen) atoms. The number of sulfone groups is 1. The lowest BCUT2D eigenvalue weighted by atomic mass is 10.2. The quantitative estimate of drug-likeness (QED) is 0.215. The van der Waals surface area contributed by atoms with E-state index in [4.69, 9.17) is 4.74 Å². The number of rotatable bonds is 9. The summed E-state index contributed by atoms with van der Waals surface area (Å²) in [5, 5.41) is 9.49. The van der Waals surface area contributed by atoms with E-state index in [-0.39, 0.29) is 28.9 Å². The van der Waals surface area contributed by atoms with Crippen LogP contribution in [0.25, 0.3) is 0 Å². The Hall–Kier alpha value is -1.40. The van der Waals surface area contributed by atoms with Gasteiger partial charge in [0.2, 0.25) is 0 Å². The van der Waals surface area contributed by atoms with Gasteiger partial charge in [-0.1, -0.05) is 13.8 Å². The Balaban J connectivity index is 0.00000420. The first-order valence-electron chi connectivity index (χ1n) is 9.19. The maximum absolute atomic E-state index is 11.5. The average Bonchev–Trinajstić information content (AvgIpc) is 3.12. The van der Waals surface area contributed by atoms with Gasteiger partial charge in [-0.25, -0.2) is 18.4 Å². The van der Waals surface area contributed by atoms with Crippen molar-refractivity contribution < 1.29 is 13.2 Å². The third-order valence-electron chi connectivity index (χ3n) is 3.79. The van der Waals surface area contributed by atoms with E-state index in [0.717, 1.165) is 17.2 Å². The number of nitrogens with zero attached hydrogens (tertiary/aromatic N) is 2. The third kappa shape index (κ3) is 8.87. The molecule has 0 unspecified atom stereocenters. The fraction of sp³-hybridized carbons (Fsp3) is 0.474. The van der Waals surface area contributed by atoms with Crippen LogP contribution in [0.15, 0.2) is 39.5 Å². The lowest BCUT2D eigenvalue weighted by Gasteiger charge is -2.12. The van der Waals surface area contributed by atoms with E-state index in [2.05, 4.69) is 39.8 Å². The van der Waals surface area contributed by atoms with E-state index in [1.165, 1.54) is 6.26 Å². The second-order valence-corrected chi connectivity index (χ2v) is 9.49. The number of ether oxygens (including phenoxy) is 1. The van der Waals surface area contributed by atoms with Crippen LogP contribution in [0.3, 0.4) is 0 Å². The van der Waals surface area contributed by atoms with Gasteiger partial charge in [0.05, 0.1) is 23.7 Å². The number of benzene rings is 1. The second-order valence-electron chi connectivity index (χ2n) is 6.53. The Morgan fingerprint density at radius 1 is 1.24 bits per heavy atom. The zero-order valence-corrected chi connectivity index (χ0v) is 21.1. The van der Waals surface area contributed by atoms with E-state index < -0.39 is 9.84 Å². The summed E-state index contributed by atoms with van der Waals surface area (Å²) in [7, 11) is -3.19. The predicted octanol–water partition coefficient (Wildman–Crippen LogP) is 3.42. The van der Waals surface area contributed by atoms with Gasteiger partial charge in [-0.15, -0.1) is 35.3 Å². The van der Waals surface area contributed by atoms with Gasteiger partial charge < -0.3 is 15.4 Å². The van der Waals surface area contributed by atoms with Gasteiger partial charge in [-0.05, 0) is 37.1 Å². The number of guanidine groups is 1. The Morgan fingerprint density at radius 3 is 2.48 bits per heavy atom. The first kappa shape index (κ1) is 25.6. The van der Waals surface area contributed by atoms with Gasteiger partial charge in [0.25, 0.3) is 0 Å². The lowest BCUT2D eigenvalue weighted by Crippen LogP contribution is -2.39. The molecule has 0 bridgehead atoms. The Kier molecular flexibility index (Phi) is 10.9. The minimum Gasteiger partial charge on any atom is -0.492 e. The van der Waals surface area contributed by atoms with Crippen molar-refractivity contribution in [3.8, 4) is 5.75 Å². The average molecular weight is 553 g/mol. The van der Waals surface area contributed by atoms with Crippen molar-refractivity contribution in [2.24, 2.45) is 4.99 Å². The molecule has 2 N–H and O–H groups in total. The van der Waals surface area contributed by atoms with Crippen molar-refractivity contribution in [1.82, 2.24) is 15.6 Å². The van der Waals surface area contributed by atoms with Gasteiger partial charge in [0.1, 0.15) is 17.4 Å². The Bertz CT molecular complexity index is 881. The Morgan fingerprint density at radius 2 is 1.93 bits per heavy atom. The summed E-state index contributed by atoms with van der Waals surface area (Å²) in [6.07, 6.45) is 1.18. The van der Waals surface area contributed by atoms with Crippen LogP contribution in [0.1, 0.15) is 37.4 Å². The molecule has 0 aliphatic carbocycles. The number of aliphatic imine (C=N–C) groups is 1. The summed E-state index contributed by atoms with van der Waals surface area (Å²) in [4.78, 5) is 9.43. The summed E-state index contributed by atoms with van der Waals surface area (Å²) in [6, 6.07) is 6.40. The van der Waals surface area contributed by atoms with Crippen molar-refractivity contribution in [3.63, 3.8) is 0 Å². The minimum atomic E-state index is -3.19. The van der Waals surface area contributed by atoms with Crippen LogP contribution in [0, 0.1) is 0 Å². The number of hydrogen-bond donors (Lipinski definition) is 2. The molecule has 0 saturated carbocycles. The van der Waals surface area contributed by atoms with Crippen LogP contribution in [0.5, 0.6) is 5.75 Å². The smallest absolute Gasteiger partial charge is 0.191 e. The first-order valence-corrected chi connectivity index (χ1v) is 12.0. The standard InChI is InChI=1S/C19H28N4O3S2.HI/c1-5-20-19(22-12-18-23-17(13-27-18)14(2)3)21-10-11-26-15-6-8-16(9-7-15)28(4,24)25;/h6-9,13-14H,5,10-12H2,1-4H3,(H2,20,21,22);1H. The molecule has 0 spiro atoms. The molecule has 10 heteroatoms. The van der Waals surface area contributed by atoms with Crippen molar-refractivity contribution in [2.45, 2.75) is 38.1 Å². The van der Waals surface area contributed by atoms with Gasteiger partial charge >= 0.3 is 0 Å². The molecule has 0 fully saturated rings. The highest BCUT2D eigenvalue weighted by atomic mass is 127. The number of nitrogens with one attached hydrogen (secondary N) is 2. The second kappa shape index (κ2) is 12.3. The molecule has 1 heterocycles. The van der Waals surface area contributed by atoms with Gasteiger partial charge in [-0.2, -0.15) is 0 Å². The van der Waals surface area contributed by atoms with Crippen LogP contribution in [0.4, 0.5) is 0 Å². The largest absolute Gasteiger partial charge is 0.492 e. The fourth-order valence-corrected chi connectivity index (χ4v) is 3.78. The molecule has 0 atom stereocenters. The number of hydrogen-bond acceptors (Lipinski definition) is 6. The van der Waals surface area contributed by atoms with Gasteiger partial charge in [-0.3, -0.25) is 0 Å². The molecule has 0 radical (unpaired) electrons. The number of thiazole rings is 1. The molecule has 1 aromatic heterocycles. The summed E-state index contributed by atoms with van der Waals surface area (Å²) >= 11 is 1.63. The third-order valence-corrected chi connectivity index (χ3v) is 5.77. The van der Waals surface area contributed by atoms with E-state index in [0.29, 0.717) is 37.3 Å². The zero-order chi connectivity index (χ0) is 20.6. The van der Waals surface area contributed by atoms with Crippen molar-refractivity contribution >= 4 is 51.1 Å². The molecule has 0 aliphatic rings. The molecule has 2 aromatic rings. The summed E-state index contributed by atoms with van der Waals surface area (Å²) in [5.74, 6) is 1.75. The maximum Gasteiger partial charge on any atom is 0.191 e. The molecular formula is C19H29IN4O3S2. The van der Waals surface area contributed by atoms with E-state index in [9.17, 15) is 8.42 Å². The number of aromatic nitrogens is 1. The topological polar surface area (TPSA) is 92.7 Å². The normalized spacial score (nSPS) is 11.8. The van der Waals surface area contributed by atoms with Crippen LogP contribution in [-0.4, -0.2) is 45.3 Å². The van der Waals surface area contributed by atoms with Crippen LogP contribution >= 0.6 is 35.3 Å². The lowest BCUT2D eigenvalue weighted by molar-refractivity contribution is 0.321. The molecule has 7 nitrogen and oxygen atoms in total. The zero-order valence-electron chi connectivity index (χ0n) is 17.1. The van der Waals surface area contributed by atoms with Crippen molar-refractivity contribution in [1.29, 1.82) is 0 Å². The summed E-state index contributed by atoms with van der Waals surface area (Å²) in [6.45, 7) is 8.55. The number of halogens is 1. The highest BCUT2D eigenvalue weighted by molar-refractivity contribution is 14.0. The minimum absolute atomic E-state index is 0. The van der Waals surface area contributed by atoms with E-state index >= 15 is 0 Å².